The Labute approximate surface area is 180 Å². The highest BCUT2D eigenvalue weighted by molar-refractivity contribution is 14.0. The summed E-state index contributed by atoms with van der Waals surface area (Å²) < 4.78 is 5.83. The SMILES string of the molecule is CCNC(=NCc1cccc(COCc2ccccc2)c1)NC(C)(C)C.I. The van der Waals surface area contributed by atoms with Crippen molar-refractivity contribution in [2.45, 2.75) is 53.0 Å². The molecule has 2 aromatic carbocycles. The molecule has 0 unspecified atom stereocenters. The van der Waals surface area contributed by atoms with Gasteiger partial charge in [0.15, 0.2) is 5.96 Å². The number of hydrogen-bond acceptors (Lipinski definition) is 2. The van der Waals surface area contributed by atoms with Crippen molar-refractivity contribution in [2.24, 2.45) is 4.99 Å². The Kier molecular flexibility index (Phi) is 10.4. The number of nitrogens with one attached hydrogen (secondary N) is 2. The van der Waals surface area contributed by atoms with Crippen molar-refractivity contribution >= 4 is 29.9 Å². The van der Waals surface area contributed by atoms with Gasteiger partial charge in [-0.1, -0.05) is 54.6 Å². The van der Waals surface area contributed by atoms with Crippen molar-refractivity contribution < 1.29 is 4.74 Å². The first-order chi connectivity index (χ1) is 12.5. The largest absolute Gasteiger partial charge is 0.372 e. The first-order valence-electron chi connectivity index (χ1n) is 9.22. The zero-order valence-electron chi connectivity index (χ0n) is 16.8. The Morgan fingerprint density at radius 3 is 2.22 bits per heavy atom. The van der Waals surface area contributed by atoms with Crippen LogP contribution in [0.3, 0.4) is 0 Å². The molecule has 0 aromatic heterocycles. The lowest BCUT2D eigenvalue weighted by molar-refractivity contribution is 0.107. The second kappa shape index (κ2) is 12.0. The van der Waals surface area contributed by atoms with Crippen LogP contribution in [0.15, 0.2) is 59.6 Å². The first-order valence-corrected chi connectivity index (χ1v) is 9.22. The third kappa shape index (κ3) is 9.77. The van der Waals surface area contributed by atoms with E-state index in [4.69, 9.17) is 9.73 Å². The third-order valence-corrected chi connectivity index (χ3v) is 3.63. The van der Waals surface area contributed by atoms with E-state index in [1.165, 1.54) is 16.7 Å². The molecule has 0 fully saturated rings. The van der Waals surface area contributed by atoms with E-state index in [9.17, 15) is 0 Å². The van der Waals surface area contributed by atoms with Gasteiger partial charge in [0.25, 0.3) is 0 Å². The van der Waals surface area contributed by atoms with E-state index in [2.05, 4.69) is 74.7 Å². The molecule has 27 heavy (non-hydrogen) atoms. The summed E-state index contributed by atoms with van der Waals surface area (Å²) in [7, 11) is 0. The van der Waals surface area contributed by atoms with Gasteiger partial charge < -0.3 is 15.4 Å². The molecule has 0 radical (unpaired) electrons. The van der Waals surface area contributed by atoms with Gasteiger partial charge in [-0.2, -0.15) is 0 Å². The van der Waals surface area contributed by atoms with Gasteiger partial charge in [-0.05, 0) is 44.4 Å². The normalized spacial score (nSPS) is 11.6. The molecule has 0 atom stereocenters. The first kappa shape index (κ1) is 23.4. The van der Waals surface area contributed by atoms with Crippen molar-refractivity contribution in [2.75, 3.05) is 6.54 Å². The van der Waals surface area contributed by atoms with Crippen LogP contribution in [0.2, 0.25) is 0 Å². The maximum absolute atomic E-state index is 5.83. The summed E-state index contributed by atoms with van der Waals surface area (Å²) in [6.45, 7) is 11.2. The lowest BCUT2D eigenvalue weighted by Gasteiger charge is -2.23. The van der Waals surface area contributed by atoms with Crippen molar-refractivity contribution in [1.29, 1.82) is 0 Å². The predicted molar refractivity (Wildman–Crippen MR) is 124 cm³/mol. The van der Waals surface area contributed by atoms with Gasteiger partial charge in [-0.25, -0.2) is 4.99 Å². The number of benzene rings is 2. The molecule has 0 bridgehead atoms. The molecular weight excluding hydrogens is 449 g/mol. The highest BCUT2D eigenvalue weighted by Gasteiger charge is 2.11. The summed E-state index contributed by atoms with van der Waals surface area (Å²) in [5.41, 5.74) is 3.52. The van der Waals surface area contributed by atoms with Crippen molar-refractivity contribution in [1.82, 2.24) is 10.6 Å². The molecule has 0 aliphatic carbocycles. The Bertz CT molecular complexity index is 696. The van der Waals surface area contributed by atoms with Crippen LogP contribution in [0.1, 0.15) is 44.4 Å². The Morgan fingerprint density at radius 2 is 1.56 bits per heavy atom. The number of ether oxygens (including phenoxy) is 1. The van der Waals surface area contributed by atoms with Crippen LogP contribution in [-0.4, -0.2) is 18.0 Å². The quantitative estimate of drug-likeness (QED) is 0.337. The lowest BCUT2D eigenvalue weighted by atomic mass is 10.1. The summed E-state index contributed by atoms with van der Waals surface area (Å²) in [5, 5.41) is 6.70. The van der Waals surface area contributed by atoms with Gasteiger partial charge in [-0.3, -0.25) is 0 Å². The van der Waals surface area contributed by atoms with E-state index in [1.54, 1.807) is 0 Å². The number of hydrogen-bond donors (Lipinski definition) is 2. The second-order valence-electron chi connectivity index (χ2n) is 7.37. The highest BCUT2D eigenvalue weighted by atomic mass is 127. The minimum atomic E-state index is -0.0197. The average Bonchev–Trinajstić information content (AvgIpc) is 2.60. The van der Waals surface area contributed by atoms with E-state index in [0.29, 0.717) is 19.8 Å². The topological polar surface area (TPSA) is 45.7 Å². The summed E-state index contributed by atoms with van der Waals surface area (Å²) in [4.78, 5) is 4.69. The van der Waals surface area contributed by atoms with Crippen molar-refractivity contribution in [3.05, 3.63) is 71.3 Å². The minimum absolute atomic E-state index is 0. The number of rotatable bonds is 7. The molecule has 148 valence electrons. The Balaban J connectivity index is 0.00000364. The van der Waals surface area contributed by atoms with Crippen LogP contribution < -0.4 is 10.6 Å². The second-order valence-corrected chi connectivity index (χ2v) is 7.37. The molecule has 2 rings (SSSR count). The fourth-order valence-corrected chi connectivity index (χ4v) is 2.51. The van der Waals surface area contributed by atoms with Crippen LogP contribution >= 0.6 is 24.0 Å². The van der Waals surface area contributed by atoms with E-state index >= 15 is 0 Å². The van der Waals surface area contributed by atoms with Gasteiger partial charge in [0.1, 0.15) is 0 Å². The molecule has 0 heterocycles. The molecule has 2 aromatic rings. The van der Waals surface area contributed by atoms with Crippen LogP contribution in [0, 0.1) is 0 Å². The molecule has 4 nitrogen and oxygen atoms in total. The molecule has 0 amide bonds. The average molecular weight is 481 g/mol. The van der Waals surface area contributed by atoms with Crippen LogP contribution in [0.4, 0.5) is 0 Å². The number of aliphatic imine (C=N–C) groups is 1. The van der Waals surface area contributed by atoms with Gasteiger partial charge in [0, 0.05) is 12.1 Å². The van der Waals surface area contributed by atoms with Crippen LogP contribution in [-0.2, 0) is 24.5 Å². The Morgan fingerprint density at radius 1 is 0.926 bits per heavy atom. The van der Waals surface area contributed by atoms with Gasteiger partial charge in [0.05, 0.1) is 19.8 Å². The highest BCUT2D eigenvalue weighted by Crippen LogP contribution is 2.10. The van der Waals surface area contributed by atoms with E-state index in [0.717, 1.165) is 12.5 Å². The molecular formula is C22H32IN3O. The summed E-state index contributed by atoms with van der Waals surface area (Å²) >= 11 is 0. The van der Waals surface area contributed by atoms with E-state index in [-0.39, 0.29) is 29.5 Å². The molecule has 0 aliphatic rings. The summed E-state index contributed by atoms with van der Waals surface area (Å²) in [6.07, 6.45) is 0. The summed E-state index contributed by atoms with van der Waals surface area (Å²) in [5.74, 6) is 0.839. The molecule has 0 aliphatic heterocycles. The standard InChI is InChI=1S/C22H31N3O.HI/c1-5-23-21(25-22(2,3)4)24-15-19-12-9-13-20(14-19)17-26-16-18-10-7-6-8-11-18;/h6-14H,5,15-17H2,1-4H3,(H2,23,24,25);1H. The molecule has 2 N–H and O–H groups in total. The molecule has 0 saturated carbocycles. The monoisotopic (exact) mass is 481 g/mol. The van der Waals surface area contributed by atoms with Gasteiger partial charge in [0.2, 0.25) is 0 Å². The van der Waals surface area contributed by atoms with E-state index in [1.807, 2.05) is 18.2 Å². The fraction of sp³-hybridized carbons (Fsp3) is 0.409. The maximum atomic E-state index is 5.83. The number of nitrogens with zero attached hydrogens (tertiary/aromatic N) is 1. The minimum Gasteiger partial charge on any atom is -0.372 e. The Hall–Kier alpha value is -1.60. The molecule has 5 heteroatoms. The smallest absolute Gasteiger partial charge is 0.191 e. The van der Waals surface area contributed by atoms with Crippen LogP contribution in [0.25, 0.3) is 0 Å². The van der Waals surface area contributed by atoms with Crippen molar-refractivity contribution in [3.63, 3.8) is 0 Å². The fourth-order valence-electron chi connectivity index (χ4n) is 2.51. The van der Waals surface area contributed by atoms with E-state index < -0.39 is 0 Å². The van der Waals surface area contributed by atoms with Crippen molar-refractivity contribution in [3.8, 4) is 0 Å². The number of guanidine groups is 1. The predicted octanol–water partition coefficient (Wildman–Crippen LogP) is 4.88. The summed E-state index contributed by atoms with van der Waals surface area (Å²) in [6, 6.07) is 18.7. The van der Waals surface area contributed by atoms with Gasteiger partial charge in [-0.15, -0.1) is 24.0 Å². The van der Waals surface area contributed by atoms with Gasteiger partial charge >= 0.3 is 0 Å². The zero-order valence-corrected chi connectivity index (χ0v) is 19.1. The number of halogens is 1. The molecule has 0 spiro atoms. The molecule has 0 saturated heterocycles. The third-order valence-electron chi connectivity index (χ3n) is 3.63. The maximum Gasteiger partial charge on any atom is 0.191 e. The van der Waals surface area contributed by atoms with Crippen LogP contribution in [0.5, 0.6) is 0 Å². The zero-order chi connectivity index (χ0) is 18.8. The lowest BCUT2D eigenvalue weighted by Crippen LogP contribution is -2.47.